The first kappa shape index (κ1) is 22.8. The highest BCUT2D eigenvalue weighted by Crippen LogP contribution is 2.24. The van der Waals surface area contributed by atoms with E-state index in [0.29, 0.717) is 22.3 Å². The van der Waals surface area contributed by atoms with Crippen LogP contribution >= 0.6 is 31.9 Å². The monoisotopic (exact) mass is 568 g/mol. The lowest BCUT2D eigenvalue weighted by molar-refractivity contribution is -0.133. The third-order valence-corrected chi connectivity index (χ3v) is 5.82. The van der Waals surface area contributed by atoms with E-state index in [2.05, 4.69) is 47.9 Å². The molecule has 0 saturated heterocycles. The van der Waals surface area contributed by atoms with E-state index in [-0.39, 0.29) is 5.69 Å². The second-order valence-electron chi connectivity index (χ2n) is 7.29. The molecule has 9 heteroatoms. The Morgan fingerprint density at radius 3 is 2.21 bits per heavy atom. The lowest BCUT2D eigenvalue weighted by Crippen LogP contribution is -2.36. The van der Waals surface area contributed by atoms with E-state index < -0.39 is 17.7 Å². The molecule has 0 spiro atoms. The van der Waals surface area contributed by atoms with Crippen LogP contribution in [-0.2, 0) is 9.59 Å². The Balaban J connectivity index is 1.62. The van der Waals surface area contributed by atoms with E-state index in [1.165, 1.54) is 4.68 Å². The van der Waals surface area contributed by atoms with E-state index in [4.69, 9.17) is 0 Å². The number of halogens is 2. The highest BCUT2D eigenvalue weighted by molar-refractivity contribution is 9.10. The molecule has 0 unspecified atom stereocenters. The molecule has 1 heterocycles. The summed E-state index contributed by atoms with van der Waals surface area (Å²) in [5.41, 5.74) is 5.37. The molecular weight excluding hydrogens is 552 g/mol. The van der Waals surface area contributed by atoms with Crippen LogP contribution in [0.3, 0.4) is 0 Å². The van der Waals surface area contributed by atoms with Crippen molar-refractivity contribution in [3.05, 3.63) is 93.0 Å². The smallest absolute Gasteiger partial charge is 0.321 e. The molecule has 0 fully saturated rings. The number of carbonyl (C=O) groups is 3. The van der Waals surface area contributed by atoms with Gasteiger partial charge in [-0.3, -0.25) is 19.8 Å². The second kappa shape index (κ2) is 9.60. The van der Waals surface area contributed by atoms with E-state index in [0.717, 1.165) is 14.5 Å². The predicted molar refractivity (Wildman–Crippen MR) is 136 cm³/mol. The highest BCUT2D eigenvalue weighted by atomic mass is 79.9. The van der Waals surface area contributed by atoms with Gasteiger partial charge in [-0.05, 0) is 73.2 Å². The summed E-state index contributed by atoms with van der Waals surface area (Å²) in [7, 11) is 0. The maximum absolute atomic E-state index is 13.1. The summed E-state index contributed by atoms with van der Waals surface area (Å²) in [5, 5.41) is 6.09. The first-order chi connectivity index (χ1) is 15.8. The molecule has 33 heavy (non-hydrogen) atoms. The number of aryl methyl sites for hydroxylation is 1. The zero-order valence-electron chi connectivity index (χ0n) is 17.4. The van der Waals surface area contributed by atoms with Crippen molar-refractivity contribution in [3.63, 3.8) is 0 Å². The predicted octanol–water partition coefficient (Wildman–Crippen LogP) is 5.44. The minimum atomic E-state index is -0.914. The number of fused-ring (bicyclic) bond motifs is 1. The molecule has 3 N–H and O–H groups in total. The average Bonchev–Trinajstić information content (AvgIpc) is 3.12. The average molecular weight is 570 g/mol. The molecular formula is C24H18Br2N4O3. The molecule has 0 bridgehead atoms. The van der Waals surface area contributed by atoms with Crippen molar-refractivity contribution < 1.29 is 14.4 Å². The van der Waals surface area contributed by atoms with Crippen LogP contribution in [0, 0.1) is 6.92 Å². The molecule has 1 aromatic heterocycles. The zero-order chi connectivity index (χ0) is 23.5. The van der Waals surface area contributed by atoms with Crippen LogP contribution in [0.15, 0.2) is 81.7 Å². The number of rotatable bonds is 4. The SMILES string of the molecule is Cc1cccc(NC(=O)c2cc3cc(Br)ccc3n2NC(=O)C(=O)Nc2ccc(Br)cc2)c1. The largest absolute Gasteiger partial charge is 0.328 e. The summed E-state index contributed by atoms with van der Waals surface area (Å²) in [6, 6.07) is 21.2. The Labute approximate surface area is 206 Å². The van der Waals surface area contributed by atoms with Gasteiger partial charge in [0.05, 0.1) is 5.52 Å². The standard InChI is InChI=1S/C24H18Br2N4O3/c1-14-3-2-4-19(11-14)28-22(31)21-13-15-12-17(26)7-10-20(15)30(21)29-24(33)23(32)27-18-8-5-16(25)6-9-18/h2-13H,1H3,(H,27,32)(H,28,31)(H,29,33). The maximum Gasteiger partial charge on any atom is 0.328 e. The summed E-state index contributed by atoms with van der Waals surface area (Å²) in [5.74, 6) is -2.20. The summed E-state index contributed by atoms with van der Waals surface area (Å²) in [6.07, 6.45) is 0. The third-order valence-electron chi connectivity index (χ3n) is 4.79. The van der Waals surface area contributed by atoms with Gasteiger partial charge in [-0.15, -0.1) is 0 Å². The molecule has 0 atom stereocenters. The highest BCUT2D eigenvalue weighted by Gasteiger charge is 2.21. The molecule has 7 nitrogen and oxygen atoms in total. The van der Waals surface area contributed by atoms with Gasteiger partial charge in [0, 0.05) is 25.7 Å². The van der Waals surface area contributed by atoms with Crippen molar-refractivity contribution in [2.24, 2.45) is 0 Å². The van der Waals surface area contributed by atoms with Crippen molar-refractivity contribution in [2.45, 2.75) is 6.92 Å². The van der Waals surface area contributed by atoms with Crippen molar-refractivity contribution in [2.75, 3.05) is 16.1 Å². The Hall–Kier alpha value is -3.43. The topological polar surface area (TPSA) is 92.2 Å². The molecule has 3 amide bonds. The van der Waals surface area contributed by atoms with Crippen molar-refractivity contribution in [1.82, 2.24) is 4.68 Å². The quantitative estimate of drug-likeness (QED) is 0.286. The van der Waals surface area contributed by atoms with E-state index in [1.54, 1.807) is 48.5 Å². The van der Waals surface area contributed by atoms with Gasteiger partial charge in [-0.25, -0.2) is 4.68 Å². The van der Waals surface area contributed by atoms with Gasteiger partial charge in [-0.2, -0.15) is 0 Å². The van der Waals surface area contributed by atoms with Crippen LogP contribution in [0.1, 0.15) is 16.1 Å². The number of benzene rings is 3. The number of aromatic nitrogens is 1. The summed E-state index contributed by atoms with van der Waals surface area (Å²) >= 11 is 6.74. The molecule has 3 aromatic carbocycles. The summed E-state index contributed by atoms with van der Waals surface area (Å²) in [4.78, 5) is 38.2. The van der Waals surface area contributed by atoms with Gasteiger partial charge in [0.2, 0.25) is 0 Å². The van der Waals surface area contributed by atoms with E-state index in [9.17, 15) is 14.4 Å². The van der Waals surface area contributed by atoms with Gasteiger partial charge < -0.3 is 10.6 Å². The Bertz CT molecular complexity index is 1380. The summed E-state index contributed by atoms with van der Waals surface area (Å²) in [6.45, 7) is 1.93. The van der Waals surface area contributed by atoms with Gasteiger partial charge >= 0.3 is 11.8 Å². The second-order valence-corrected chi connectivity index (χ2v) is 9.13. The number of hydrogen-bond acceptors (Lipinski definition) is 3. The molecule has 0 aliphatic carbocycles. The van der Waals surface area contributed by atoms with Gasteiger partial charge in [0.1, 0.15) is 5.69 Å². The minimum absolute atomic E-state index is 0.175. The summed E-state index contributed by atoms with van der Waals surface area (Å²) < 4.78 is 2.98. The lowest BCUT2D eigenvalue weighted by atomic mass is 10.2. The van der Waals surface area contributed by atoms with Gasteiger partial charge in [-0.1, -0.05) is 44.0 Å². The third kappa shape index (κ3) is 5.32. The normalized spacial score (nSPS) is 10.6. The van der Waals surface area contributed by atoms with E-state index >= 15 is 0 Å². The van der Waals surface area contributed by atoms with Crippen LogP contribution in [0.2, 0.25) is 0 Å². The Kier molecular flexibility index (Phi) is 6.62. The van der Waals surface area contributed by atoms with Crippen molar-refractivity contribution >= 4 is 71.9 Å². The van der Waals surface area contributed by atoms with Gasteiger partial charge in [0.25, 0.3) is 5.91 Å². The first-order valence-electron chi connectivity index (χ1n) is 9.87. The van der Waals surface area contributed by atoms with Crippen molar-refractivity contribution in [1.29, 1.82) is 0 Å². The fourth-order valence-electron chi connectivity index (χ4n) is 3.27. The van der Waals surface area contributed by atoms with Crippen LogP contribution in [0.4, 0.5) is 11.4 Å². The molecule has 0 radical (unpaired) electrons. The van der Waals surface area contributed by atoms with Crippen molar-refractivity contribution in [3.8, 4) is 0 Å². The molecule has 0 saturated carbocycles. The number of carbonyl (C=O) groups excluding carboxylic acids is 3. The van der Waals surface area contributed by atoms with Crippen LogP contribution in [-0.4, -0.2) is 22.4 Å². The number of amides is 3. The number of nitrogens with one attached hydrogen (secondary N) is 3. The first-order valence-corrected chi connectivity index (χ1v) is 11.5. The lowest BCUT2D eigenvalue weighted by Gasteiger charge is -2.13. The zero-order valence-corrected chi connectivity index (χ0v) is 20.5. The van der Waals surface area contributed by atoms with Crippen LogP contribution in [0.5, 0.6) is 0 Å². The number of hydrogen-bond donors (Lipinski definition) is 3. The van der Waals surface area contributed by atoms with Gasteiger partial charge in [0.15, 0.2) is 0 Å². The van der Waals surface area contributed by atoms with Crippen LogP contribution < -0.4 is 16.1 Å². The minimum Gasteiger partial charge on any atom is -0.321 e. The molecule has 0 aliphatic rings. The Morgan fingerprint density at radius 2 is 1.48 bits per heavy atom. The van der Waals surface area contributed by atoms with E-state index in [1.807, 2.05) is 31.2 Å². The fraction of sp³-hybridized carbons (Fsp3) is 0.0417. The fourth-order valence-corrected chi connectivity index (χ4v) is 3.91. The maximum atomic E-state index is 13.1. The molecule has 0 aliphatic heterocycles. The van der Waals surface area contributed by atoms with Crippen LogP contribution in [0.25, 0.3) is 10.9 Å². The molecule has 4 aromatic rings. The molecule has 4 rings (SSSR count). The number of nitrogens with zero attached hydrogens (tertiary/aromatic N) is 1. The number of anilines is 2. The Morgan fingerprint density at radius 1 is 0.758 bits per heavy atom. The molecule has 166 valence electrons.